The average Bonchev–Trinajstić information content (AvgIpc) is 2.71. The van der Waals surface area contributed by atoms with E-state index in [0.29, 0.717) is 0 Å². The number of hydrogen-bond acceptors (Lipinski definition) is 1. The summed E-state index contributed by atoms with van der Waals surface area (Å²) in [7, 11) is 0. The molecule has 2 rings (SSSR count). The van der Waals surface area contributed by atoms with E-state index in [0.717, 1.165) is 12.1 Å². The fraction of sp³-hybridized carbons (Fsp3) is 0.500. The van der Waals surface area contributed by atoms with Crippen LogP contribution in [0.1, 0.15) is 24.0 Å². The summed E-state index contributed by atoms with van der Waals surface area (Å²) in [5.41, 5.74) is 2.40. The third kappa shape index (κ3) is 2.14. The Morgan fingerprint density at radius 2 is 1.71 bits per heavy atom. The lowest BCUT2D eigenvalue weighted by Crippen LogP contribution is -3.08. The van der Waals surface area contributed by atoms with Crippen molar-refractivity contribution in [2.45, 2.75) is 26.0 Å². The van der Waals surface area contributed by atoms with Crippen LogP contribution in [0, 0.1) is 0 Å². The third-order valence-corrected chi connectivity index (χ3v) is 3.04. The molecule has 0 amide bonds. The van der Waals surface area contributed by atoms with Gasteiger partial charge in [-0.25, -0.2) is 0 Å². The molecule has 1 aliphatic rings. The largest absolute Gasteiger partial charge is 0.392 e. The van der Waals surface area contributed by atoms with E-state index in [2.05, 4.69) is 12.1 Å². The molecule has 0 aromatic heterocycles. The van der Waals surface area contributed by atoms with Gasteiger partial charge in [-0.3, -0.25) is 0 Å². The molecular formula is C12H18NO+. The van der Waals surface area contributed by atoms with Crippen LogP contribution >= 0.6 is 0 Å². The zero-order valence-electron chi connectivity index (χ0n) is 8.50. The molecule has 1 saturated heterocycles. The number of aliphatic hydroxyl groups is 1. The number of likely N-dealkylation sites (tertiary alicyclic amines) is 1. The van der Waals surface area contributed by atoms with Gasteiger partial charge in [0.2, 0.25) is 0 Å². The van der Waals surface area contributed by atoms with Gasteiger partial charge in [0, 0.05) is 18.4 Å². The Bertz CT molecular complexity index is 292. The molecule has 2 N–H and O–H groups in total. The van der Waals surface area contributed by atoms with Crippen LogP contribution in [-0.4, -0.2) is 18.2 Å². The monoisotopic (exact) mass is 192 g/mol. The predicted octanol–water partition coefficient (Wildman–Crippen LogP) is 0.358. The fourth-order valence-corrected chi connectivity index (χ4v) is 2.21. The number of benzene rings is 1. The van der Waals surface area contributed by atoms with Crippen LogP contribution in [0.3, 0.4) is 0 Å². The van der Waals surface area contributed by atoms with Crippen molar-refractivity contribution in [3.63, 3.8) is 0 Å². The summed E-state index contributed by atoms with van der Waals surface area (Å²) >= 11 is 0. The molecule has 0 bridgehead atoms. The lowest BCUT2D eigenvalue weighted by Gasteiger charge is -2.14. The van der Waals surface area contributed by atoms with E-state index in [1.807, 2.05) is 12.1 Å². The third-order valence-electron chi connectivity index (χ3n) is 3.04. The van der Waals surface area contributed by atoms with E-state index < -0.39 is 0 Å². The standard InChI is InChI=1S/C12H17NO/c14-10-12-6-2-1-5-11(12)9-13-7-3-4-8-13/h1-2,5-6,14H,3-4,7-10H2/p+1. The molecular weight excluding hydrogens is 174 g/mol. The van der Waals surface area contributed by atoms with Gasteiger partial charge in [0.1, 0.15) is 6.54 Å². The van der Waals surface area contributed by atoms with E-state index in [1.54, 1.807) is 4.90 Å². The second-order valence-electron chi connectivity index (χ2n) is 4.06. The highest BCUT2D eigenvalue weighted by Gasteiger charge is 2.16. The molecule has 0 atom stereocenters. The molecule has 1 aromatic rings. The first-order valence-corrected chi connectivity index (χ1v) is 5.41. The highest BCUT2D eigenvalue weighted by Crippen LogP contribution is 2.07. The number of rotatable bonds is 3. The minimum atomic E-state index is 0.170. The number of aliphatic hydroxyl groups excluding tert-OH is 1. The second kappa shape index (κ2) is 4.58. The molecule has 0 saturated carbocycles. The Kier molecular flexibility index (Phi) is 3.17. The Morgan fingerprint density at radius 1 is 1.07 bits per heavy atom. The molecule has 1 fully saturated rings. The van der Waals surface area contributed by atoms with Gasteiger partial charge in [-0.1, -0.05) is 24.3 Å². The smallest absolute Gasteiger partial charge is 0.103 e. The topological polar surface area (TPSA) is 24.7 Å². The zero-order valence-corrected chi connectivity index (χ0v) is 8.50. The highest BCUT2D eigenvalue weighted by atomic mass is 16.3. The van der Waals surface area contributed by atoms with E-state index >= 15 is 0 Å². The fourth-order valence-electron chi connectivity index (χ4n) is 2.21. The van der Waals surface area contributed by atoms with Crippen molar-refractivity contribution in [2.75, 3.05) is 13.1 Å². The van der Waals surface area contributed by atoms with Crippen LogP contribution in [0.4, 0.5) is 0 Å². The zero-order chi connectivity index (χ0) is 9.80. The van der Waals surface area contributed by atoms with Gasteiger partial charge in [0.25, 0.3) is 0 Å². The van der Waals surface area contributed by atoms with E-state index in [4.69, 9.17) is 0 Å². The van der Waals surface area contributed by atoms with Crippen LogP contribution < -0.4 is 4.90 Å². The normalized spacial score (nSPS) is 17.5. The first-order chi connectivity index (χ1) is 6.90. The lowest BCUT2D eigenvalue weighted by molar-refractivity contribution is -0.901. The molecule has 1 aromatic carbocycles. The molecule has 2 heteroatoms. The minimum absolute atomic E-state index is 0.170. The summed E-state index contributed by atoms with van der Waals surface area (Å²) in [4.78, 5) is 1.66. The number of nitrogens with one attached hydrogen (secondary N) is 1. The van der Waals surface area contributed by atoms with Gasteiger partial charge in [-0.2, -0.15) is 0 Å². The summed E-state index contributed by atoms with van der Waals surface area (Å²) in [6.07, 6.45) is 2.72. The van der Waals surface area contributed by atoms with Gasteiger partial charge in [0.05, 0.1) is 19.7 Å². The molecule has 14 heavy (non-hydrogen) atoms. The molecule has 2 nitrogen and oxygen atoms in total. The summed E-state index contributed by atoms with van der Waals surface area (Å²) in [6.45, 7) is 3.83. The van der Waals surface area contributed by atoms with Crippen LogP contribution in [0.15, 0.2) is 24.3 Å². The molecule has 1 heterocycles. The molecule has 1 aliphatic heterocycles. The van der Waals surface area contributed by atoms with Crippen molar-refractivity contribution < 1.29 is 10.0 Å². The van der Waals surface area contributed by atoms with Crippen molar-refractivity contribution in [1.29, 1.82) is 0 Å². The number of quaternary nitrogens is 1. The molecule has 0 radical (unpaired) electrons. The maximum atomic E-state index is 9.18. The average molecular weight is 192 g/mol. The van der Waals surface area contributed by atoms with E-state index in [9.17, 15) is 5.11 Å². The molecule has 0 aliphatic carbocycles. The maximum Gasteiger partial charge on any atom is 0.103 e. The van der Waals surface area contributed by atoms with Crippen LogP contribution in [0.5, 0.6) is 0 Å². The van der Waals surface area contributed by atoms with Gasteiger partial charge in [0.15, 0.2) is 0 Å². The lowest BCUT2D eigenvalue weighted by atomic mass is 10.1. The maximum absolute atomic E-state index is 9.18. The first-order valence-electron chi connectivity index (χ1n) is 5.41. The van der Waals surface area contributed by atoms with Crippen molar-refractivity contribution in [3.8, 4) is 0 Å². The van der Waals surface area contributed by atoms with E-state index in [-0.39, 0.29) is 6.61 Å². The van der Waals surface area contributed by atoms with Crippen LogP contribution in [0.2, 0.25) is 0 Å². The van der Waals surface area contributed by atoms with Gasteiger partial charge < -0.3 is 10.0 Å². The Labute approximate surface area is 85.2 Å². The second-order valence-corrected chi connectivity index (χ2v) is 4.06. The van der Waals surface area contributed by atoms with Crippen molar-refractivity contribution in [2.24, 2.45) is 0 Å². The minimum Gasteiger partial charge on any atom is -0.392 e. The Balaban J connectivity index is 2.07. The molecule has 0 unspecified atom stereocenters. The first kappa shape index (κ1) is 9.69. The molecule has 76 valence electrons. The van der Waals surface area contributed by atoms with Crippen molar-refractivity contribution in [1.82, 2.24) is 0 Å². The van der Waals surface area contributed by atoms with Gasteiger partial charge >= 0.3 is 0 Å². The van der Waals surface area contributed by atoms with Crippen molar-refractivity contribution >= 4 is 0 Å². The predicted molar refractivity (Wildman–Crippen MR) is 56.0 cm³/mol. The Hall–Kier alpha value is -0.860. The van der Waals surface area contributed by atoms with Crippen LogP contribution in [0.25, 0.3) is 0 Å². The summed E-state index contributed by atoms with van der Waals surface area (Å²) in [6, 6.07) is 8.21. The summed E-state index contributed by atoms with van der Waals surface area (Å²) < 4.78 is 0. The summed E-state index contributed by atoms with van der Waals surface area (Å²) in [5, 5.41) is 9.18. The quantitative estimate of drug-likeness (QED) is 0.710. The van der Waals surface area contributed by atoms with Gasteiger partial charge in [-0.15, -0.1) is 0 Å². The van der Waals surface area contributed by atoms with Crippen molar-refractivity contribution in [3.05, 3.63) is 35.4 Å². The van der Waals surface area contributed by atoms with E-state index in [1.165, 1.54) is 31.5 Å². The van der Waals surface area contributed by atoms with Crippen LogP contribution in [-0.2, 0) is 13.2 Å². The van der Waals surface area contributed by atoms with Gasteiger partial charge in [-0.05, 0) is 5.56 Å². The molecule has 0 spiro atoms. The highest BCUT2D eigenvalue weighted by molar-refractivity contribution is 5.25. The Morgan fingerprint density at radius 3 is 2.36 bits per heavy atom. The SMILES string of the molecule is OCc1ccccc1C[NH+]1CCCC1. The number of hydrogen-bond donors (Lipinski definition) is 2. The summed E-state index contributed by atoms with van der Waals surface area (Å²) in [5.74, 6) is 0.